The average Bonchev–Trinajstić information content (AvgIpc) is 2.83. The zero-order valence-electron chi connectivity index (χ0n) is 15.0. The van der Waals surface area contributed by atoms with E-state index in [4.69, 9.17) is 9.47 Å². The van der Waals surface area contributed by atoms with Crippen molar-refractivity contribution in [2.45, 2.75) is 33.2 Å². The van der Waals surface area contributed by atoms with Crippen LogP contribution < -0.4 is 14.8 Å². The molecule has 132 valence electrons. The topological polar surface area (TPSA) is 47.6 Å². The van der Waals surface area contributed by atoms with Crippen molar-refractivity contribution in [1.82, 2.24) is 5.32 Å². The summed E-state index contributed by atoms with van der Waals surface area (Å²) in [6, 6.07) is 13.5. The van der Waals surface area contributed by atoms with Gasteiger partial charge in [-0.1, -0.05) is 37.6 Å². The van der Waals surface area contributed by atoms with Gasteiger partial charge in [-0.25, -0.2) is 0 Å². The molecule has 0 aromatic heterocycles. The smallest absolute Gasteiger partial charge is 0.251 e. The molecule has 25 heavy (non-hydrogen) atoms. The third-order valence-corrected chi connectivity index (χ3v) is 4.36. The van der Waals surface area contributed by atoms with Crippen LogP contribution in [0.25, 0.3) is 0 Å². The normalized spacial score (nSPS) is 14.7. The third kappa shape index (κ3) is 4.13. The molecule has 0 saturated heterocycles. The molecular weight excluding hydrogens is 314 g/mol. The van der Waals surface area contributed by atoms with Gasteiger partial charge >= 0.3 is 0 Å². The molecule has 4 nitrogen and oxygen atoms in total. The van der Waals surface area contributed by atoms with Crippen LogP contribution in [0.3, 0.4) is 0 Å². The number of rotatable bonds is 4. The summed E-state index contributed by atoms with van der Waals surface area (Å²) in [5.41, 5.74) is 2.78. The first-order valence-corrected chi connectivity index (χ1v) is 8.81. The summed E-state index contributed by atoms with van der Waals surface area (Å²) >= 11 is 0. The summed E-state index contributed by atoms with van der Waals surface area (Å²) in [4.78, 5) is 12.7. The fourth-order valence-electron chi connectivity index (χ4n) is 3.02. The molecule has 1 aliphatic rings. The molecule has 0 fully saturated rings. The second-order valence-corrected chi connectivity index (χ2v) is 6.82. The predicted molar refractivity (Wildman–Crippen MR) is 98.3 cm³/mol. The minimum atomic E-state index is -0.0924. The fraction of sp³-hybridized carbons (Fsp3) is 0.381. The van der Waals surface area contributed by atoms with Gasteiger partial charge in [0.15, 0.2) is 11.5 Å². The lowest BCUT2D eigenvalue weighted by atomic mass is 9.95. The largest absolute Gasteiger partial charge is 0.490 e. The van der Waals surface area contributed by atoms with E-state index in [2.05, 4.69) is 19.2 Å². The van der Waals surface area contributed by atoms with E-state index in [-0.39, 0.29) is 17.9 Å². The number of carbonyl (C=O) groups excluding carboxylic acids is 1. The van der Waals surface area contributed by atoms with Crippen LogP contribution in [0.4, 0.5) is 0 Å². The Labute approximate surface area is 149 Å². The van der Waals surface area contributed by atoms with Gasteiger partial charge in [0, 0.05) is 12.0 Å². The van der Waals surface area contributed by atoms with Gasteiger partial charge in [-0.2, -0.15) is 0 Å². The van der Waals surface area contributed by atoms with Gasteiger partial charge in [0.25, 0.3) is 5.91 Å². The Bertz CT molecular complexity index is 755. The SMILES string of the molecule is Cc1cccc(C(=O)NC(c2ccc3c(c2)OCCCO3)C(C)C)c1. The maximum absolute atomic E-state index is 12.7. The Morgan fingerprint density at radius 3 is 2.52 bits per heavy atom. The van der Waals surface area contributed by atoms with Crippen molar-refractivity contribution in [3.63, 3.8) is 0 Å². The number of amides is 1. The van der Waals surface area contributed by atoms with Crippen molar-refractivity contribution < 1.29 is 14.3 Å². The van der Waals surface area contributed by atoms with Gasteiger partial charge in [0.1, 0.15) is 0 Å². The third-order valence-electron chi connectivity index (χ3n) is 4.36. The molecule has 0 bridgehead atoms. The highest BCUT2D eigenvalue weighted by Gasteiger charge is 2.21. The molecular formula is C21H25NO3. The highest BCUT2D eigenvalue weighted by molar-refractivity contribution is 5.94. The average molecular weight is 339 g/mol. The molecule has 1 aliphatic heterocycles. The number of nitrogens with one attached hydrogen (secondary N) is 1. The molecule has 3 rings (SSSR count). The molecule has 4 heteroatoms. The Morgan fingerprint density at radius 2 is 1.80 bits per heavy atom. The molecule has 0 saturated carbocycles. The summed E-state index contributed by atoms with van der Waals surface area (Å²) in [5, 5.41) is 3.16. The summed E-state index contributed by atoms with van der Waals surface area (Å²) < 4.78 is 11.5. The quantitative estimate of drug-likeness (QED) is 0.904. The Kier molecular flexibility index (Phi) is 5.27. The van der Waals surface area contributed by atoms with Crippen molar-refractivity contribution in [1.29, 1.82) is 0 Å². The number of carbonyl (C=O) groups is 1. The zero-order valence-corrected chi connectivity index (χ0v) is 15.0. The van der Waals surface area contributed by atoms with Crippen LogP contribution >= 0.6 is 0 Å². The zero-order chi connectivity index (χ0) is 17.8. The number of hydrogen-bond acceptors (Lipinski definition) is 3. The number of hydrogen-bond donors (Lipinski definition) is 1. The van der Waals surface area contributed by atoms with Crippen molar-refractivity contribution in [3.05, 3.63) is 59.2 Å². The van der Waals surface area contributed by atoms with Crippen LogP contribution in [0, 0.1) is 12.8 Å². The second kappa shape index (κ2) is 7.60. The maximum atomic E-state index is 12.7. The number of benzene rings is 2. The first-order valence-electron chi connectivity index (χ1n) is 8.81. The molecule has 1 N–H and O–H groups in total. The Balaban J connectivity index is 1.84. The van der Waals surface area contributed by atoms with E-state index in [1.807, 2.05) is 49.4 Å². The number of fused-ring (bicyclic) bond motifs is 1. The van der Waals surface area contributed by atoms with E-state index >= 15 is 0 Å². The minimum absolute atomic E-state index is 0.0606. The van der Waals surface area contributed by atoms with Crippen molar-refractivity contribution in [2.24, 2.45) is 5.92 Å². The molecule has 1 amide bonds. The first kappa shape index (κ1) is 17.3. The molecule has 1 heterocycles. The lowest BCUT2D eigenvalue weighted by Crippen LogP contribution is -2.31. The second-order valence-electron chi connectivity index (χ2n) is 6.82. The van der Waals surface area contributed by atoms with Gasteiger partial charge in [0.2, 0.25) is 0 Å². The highest BCUT2D eigenvalue weighted by atomic mass is 16.5. The molecule has 0 aliphatic carbocycles. The van der Waals surface area contributed by atoms with Gasteiger partial charge < -0.3 is 14.8 Å². The monoisotopic (exact) mass is 339 g/mol. The van der Waals surface area contributed by atoms with Crippen LogP contribution in [-0.2, 0) is 0 Å². The fourth-order valence-corrected chi connectivity index (χ4v) is 3.02. The summed E-state index contributed by atoms with van der Waals surface area (Å²) in [5.74, 6) is 1.72. The maximum Gasteiger partial charge on any atom is 0.251 e. The number of aryl methyl sites for hydroxylation is 1. The van der Waals surface area contributed by atoms with Crippen LogP contribution in [0.15, 0.2) is 42.5 Å². The lowest BCUT2D eigenvalue weighted by molar-refractivity contribution is 0.0925. The van der Waals surface area contributed by atoms with E-state index in [9.17, 15) is 4.79 Å². The minimum Gasteiger partial charge on any atom is -0.490 e. The van der Waals surface area contributed by atoms with E-state index < -0.39 is 0 Å². The van der Waals surface area contributed by atoms with Crippen molar-refractivity contribution in [3.8, 4) is 11.5 Å². The van der Waals surface area contributed by atoms with Crippen molar-refractivity contribution >= 4 is 5.91 Å². The van der Waals surface area contributed by atoms with Crippen LogP contribution in [0.1, 0.15) is 47.8 Å². The molecule has 0 radical (unpaired) electrons. The highest BCUT2D eigenvalue weighted by Crippen LogP contribution is 2.34. The van der Waals surface area contributed by atoms with Crippen molar-refractivity contribution in [2.75, 3.05) is 13.2 Å². The Hall–Kier alpha value is -2.49. The molecule has 2 aromatic carbocycles. The van der Waals surface area contributed by atoms with Gasteiger partial charge in [-0.15, -0.1) is 0 Å². The molecule has 0 spiro atoms. The summed E-state index contributed by atoms with van der Waals surface area (Å²) in [6.07, 6.45) is 0.877. The Morgan fingerprint density at radius 1 is 1.04 bits per heavy atom. The predicted octanol–water partition coefficient (Wildman–Crippen LogP) is 4.28. The van der Waals surface area contributed by atoms with Crippen LogP contribution in [0.5, 0.6) is 11.5 Å². The van der Waals surface area contributed by atoms with E-state index in [1.54, 1.807) is 0 Å². The molecule has 1 unspecified atom stereocenters. The van der Waals surface area contributed by atoms with Crippen LogP contribution in [-0.4, -0.2) is 19.1 Å². The van der Waals surface area contributed by atoms with Gasteiger partial charge in [0.05, 0.1) is 19.3 Å². The summed E-state index contributed by atoms with van der Waals surface area (Å²) in [6.45, 7) is 7.51. The van der Waals surface area contributed by atoms with Gasteiger partial charge in [-0.05, 0) is 42.7 Å². The van der Waals surface area contributed by atoms with Gasteiger partial charge in [-0.3, -0.25) is 4.79 Å². The number of ether oxygens (including phenoxy) is 2. The van der Waals surface area contributed by atoms with E-state index in [0.29, 0.717) is 18.8 Å². The van der Waals surface area contributed by atoms with E-state index in [0.717, 1.165) is 29.0 Å². The lowest BCUT2D eigenvalue weighted by Gasteiger charge is -2.24. The first-order chi connectivity index (χ1) is 12.0. The van der Waals surface area contributed by atoms with E-state index in [1.165, 1.54) is 0 Å². The standard InChI is InChI=1S/C21H25NO3/c1-14(2)20(22-21(23)17-7-4-6-15(3)12-17)16-8-9-18-19(13-16)25-11-5-10-24-18/h4,6-9,12-14,20H,5,10-11H2,1-3H3,(H,22,23). The molecule has 2 aromatic rings. The molecule has 1 atom stereocenters. The summed E-state index contributed by atoms with van der Waals surface area (Å²) in [7, 11) is 0. The van der Waals surface area contributed by atoms with Crippen LogP contribution in [0.2, 0.25) is 0 Å².